The maximum Gasteiger partial charge on any atom is 0.252 e. The number of pyridine rings is 2. The summed E-state index contributed by atoms with van der Waals surface area (Å²) in [5.41, 5.74) is 3.23. The Kier molecular flexibility index (Phi) is 6.12. The Labute approximate surface area is 171 Å². The molecular formula is C23H27N5O. The van der Waals surface area contributed by atoms with E-state index in [0.29, 0.717) is 12.1 Å². The molecule has 3 aromatic rings. The number of amides is 1. The normalized spacial score (nSPS) is 15.5. The van der Waals surface area contributed by atoms with Gasteiger partial charge < -0.3 is 15.1 Å². The molecule has 150 valence electrons. The number of nitrogens with one attached hydrogen (secondary N) is 1. The first-order valence-corrected chi connectivity index (χ1v) is 10.2. The van der Waals surface area contributed by atoms with Crippen molar-refractivity contribution in [3.63, 3.8) is 0 Å². The molecule has 6 nitrogen and oxygen atoms in total. The highest BCUT2D eigenvalue weighted by Gasteiger charge is 2.15. The van der Waals surface area contributed by atoms with E-state index in [2.05, 4.69) is 27.1 Å². The fraction of sp³-hybridized carbons (Fsp3) is 0.348. The van der Waals surface area contributed by atoms with Gasteiger partial charge in [0.05, 0.1) is 16.8 Å². The molecule has 1 aromatic carbocycles. The number of hydrogen-bond donors (Lipinski definition) is 1. The summed E-state index contributed by atoms with van der Waals surface area (Å²) in [6, 6.07) is 13.5. The zero-order valence-corrected chi connectivity index (χ0v) is 16.8. The first-order chi connectivity index (χ1) is 14.2. The number of carbonyl (C=O) groups excluding carboxylic acids is 1. The van der Waals surface area contributed by atoms with Crippen LogP contribution in [-0.4, -0.2) is 72.0 Å². The lowest BCUT2D eigenvalue weighted by Crippen LogP contribution is -2.45. The Hall–Kier alpha value is -2.83. The second kappa shape index (κ2) is 9.11. The van der Waals surface area contributed by atoms with Gasteiger partial charge in [0.25, 0.3) is 5.91 Å². The van der Waals surface area contributed by atoms with Crippen LogP contribution < -0.4 is 5.32 Å². The first-order valence-electron chi connectivity index (χ1n) is 10.2. The lowest BCUT2D eigenvalue weighted by Gasteiger charge is -2.32. The molecule has 1 fully saturated rings. The molecule has 0 bridgehead atoms. The van der Waals surface area contributed by atoms with E-state index < -0.39 is 0 Å². The van der Waals surface area contributed by atoms with Gasteiger partial charge in [0, 0.05) is 56.1 Å². The molecule has 2 aromatic heterocycles. The minimum atomic E-state index is -0.0442. The van der Waals surface area contributed by atoms with E-state index in [4.69, 9.17) is 4.98 Å². The lowest BCUT2D eigenvalue weighted by molar-refractivity contribution is 0.0951. The third-order valence-corrected chi connectivity index (χ3v) is 5.47. The summed E-state index contributed by atoms with van der Waals surface area (Å²) >= 11 is 0. The van der Waals surface area contributed by atoms with Crippen molar-refractivity contribution in [1.82, 2.24) is 25.1 Å². The number of fused-ring (bicyclic) bond motifs is 1. The van der Waals surface area contributed by atoms with Crippen LogP contribution in [0.5, 0.6) is 0 Å². The number of nitrogens with zero attached hydrogens (tertiary/aromatic N) is 4. The maximum absolute atomic E-state index is 13.0. The number of rotatable bonds is 6. The molecule has 0 atom stereocenters. The summed E-state index contributed by atoms with van der Waals surface area (Å²) < 4.78 is 0. The molecule has 1 amide bonds. The summed E-state index contributed by atoms with van der Waals surface area (Å²) in [7, 11) is 2.16. The van der Waals surface area contributed by atoms with Crippen molar-refractivity contribution in [2.45, 2.75) is 6.42 Å². The Morgan fingerprint density at radius 1 is 1.07 bits per heavy atom. The van der Waals surface area contributed by atoms with Crippen LogP contribution in [0.15, 0.2) is 54.9 Å². The van der Waals surface area contributed by atoms with Gasteiger partial charge in [0.1, 0.15) is 0 Å². The van der Waals surface area contributed by atoms with Gasteiger partial charge in [-0.25, -0.2) is 4.98 Å². The van der Waals surface area contributed by atoms with Crippen molar-refractivity contribution < 1.29 is 4.79 Å². The quantitative estimate of drug-likeness (QED) is 0.657. The first kappa shape index (κ1) is 19.5. The zero-order chi connectivity index (χ0) is 20.1. The standard InChI is InChI=1S/C23H27N5O/c1-27-13-15-28(16-14-27)12-4-9-25-23(29)20-17-22(18-7-10-24-11-8-18)26-21-6-3-2-5-19(20)21/h2-3,5-8,10-11,17H,4,9,12-16H2,1H3,(H,25,29). The highest BCUT2D eigenvalue weighted by Crippen LogP contribution is 2.24. The molecule has 1 aliphatic rings. The average Bonchev–Trinajstić information content (AvgIpc) is 2.77. The molecule has 1 N–H and O–H groups in total. The molecule has 3 heterocycles. The highest BCUT2D eigenvalue weighted by molar-refractivity contribution is 6.07. The summed E-state index contributed by atoms with van der Waals surface area (Å²) in [4.78, 5) is 26.6. The van der Waals surface area contributed by atoms with Gasteiger partial charge >= 0.3 is 0 Å². The van der Waals surface area contributed by atoms with Crippen molar-refractivity contribution in [2.24, 2.45) is 0 Å². The fourth-order valence-electron chi connectivity index (χ4n) is 3.71. The van der Waals surface area contributed by atoms with Gasteiger partial charge in [-0.3, -0.25) is 9.78 Å². The van der Waals surface area contributed by atoms with Crippen LogP contribution in [0, 0.1) is 0 Å². The summed E-state index contributed by atoms with van der Waals surface area (Å²) in [6.07, 6.45) is 4.43. The van der Waals surface area contributed by atoms with Gasteiger partial charge in [0.15, 0.2) is 0 Å². The number of carbonyl (C=O) groups is 1. The molecule has 0 unspecified atom stereocenters. The van der Waals surface area contributed by atoms with Crippen LogP contribution in [0.25, 0.3) is 22.2 Å². The second-order valence-electron chi connectivity index (χ2n) is 7.56. The number of likely N-dealkylation sites (N-methyl/N-ethyl adjacent to an activating group) is 1. The topological polar surface area (TPSA) is 61.4 Å². The third-order valence-electron chi connectivity index (χ3n) is 5.47. The van der Waals surface area contributed by atoms with Crippen LogP contribution in [0.1, 0.15) is 16.8 Å². The Morgan fingerprint density at radius 3 is 2.62 bits per heavy atom. The molecule has 1 aliphatic heterocycles. The molecule has 0 aliphatic carbocycles. The molecule has 0 spiro atoms. The van der Waals surface area contributed by atoms with Crippen molar-refractivity contribution >= 4 is 16.8 Å². The number of hydrogen-bond acceptors (Lipinski definition) is 5. The molecule has 0 saturated carbocycles. The second-order valence-corrected chi connectivity index (χ2v) is 7.56. The van der Waals surface area contributed by atoms with Crippen molar-refractivity contribution in [3.05, 3.63) is 60.4 Å². The zero-order valence-electron chi connectivity index (χ0n) is 16.8. The number of piperazine rings is 1. The summed E-state index contributed by atoms with van der Waals surface area (Å²) in [5, 5.41) is 3.98. The Morgan fingerprint density at radius 2 is 1.83 bits per heavy atom. The molecule has 1 saturated heterocycles. The predicted molar refractivity (Wildman–Crippen MR) is 116 cm³/mol. The van der Waals surface area contributed by atoms with Crippen molar-refractivity contribution in [1.29, 1.82) is 0 Å². The van der Waals surface area contributed by atoms with Gasteiger partial charge in [-0.15, -0.1) is 0 Å². The van der Waals surface area contributed by atoms with Crippen molar-refractivity contribution in [2.75, 3.05) is 46.3 Å². The maximum atomic E-state index is 13.0. The van der Waals surface area contributed by atoms with E-state index in [-0.39, 0.29) is 5.91 Å². The minimum Gasteiger partial charge on any atom is -0.352 e. The van der Waals surface area contributed by atoms with Crippen LogP contribution in [-0.2, 0) is 0 Å². The fourth-order valence-corrected chi connectivity index (χ4v) is 3.71. The number of benzene rings is 1. The minimum absolute atomic E-state index is 0.0442. The van der Waals surface area contributed by atoms with Gasteiger partial charge in [0.2, 0.25) is 0 Å². The van der Waals surface area contributed by atoms with Crippen LogP contribution in [0.3, 0.4) is 0 Å². The van der Waals surface area contributed by atoms with Crippen LogP contribution >= 0.6 is 0 Å². The molecule has 29 heavy (non-hydrogen) atoms. The Bertz CT molecular complexity index is 967. The van der Waals surface area contributed by atoms with Gasteiger partial charge in [-0.2, -0.15) is 0 Å². The smallest absolute Gasteiger partial charge is 0.252 e. The van der Waals surface area contributed by atoms with E-state index in [1.54, 1.807) is 12.4 Å². The largest absolute Gasteiger partial charge is 0.352 e. The van der Waals surface area contributed by atoms with Gasteiger partial charge in [-0.1, -0.05) is 18.2 Å². The molecule has 4 rings (SSSR count). The number of para-hydroxylation sites is 1. The van der Waals surface area contributed by atoms with E-state index in [1.807, 2.05) is 42.5 Å². The van der Waals surface area contributed by atoms with E-state index in [0.717, 1.165) is 61.3 Å². The van der Waals surface area contributed by atoms with E-state index >= 15 is 0 Å². The van der Waals surface area contributed by atoms with Gasteiger partial charge in [-0.05, 0) is 44.3 Å². The predicted octanol–water partition coefficient (Wildman–Crippen LogP) is 2.66. The Balaban J connectivity index is 1.45. The van der Waals surface area contributed by atoms with Crippen LogP contribution in [0.2, 0.25) is 0 Å². The van der Waals surface area contributed by atoms with E-state index in [9.17, 15) is 4.79 Å². The SMILES string of the molecule is CN1CCN(CCCNC(=O)c2cc(-c3ccncc3)nc3ccccc23)CC1. The van der Waals surface area contributed by atoms with Crippen LogP contribution in [0.4, 0.5) is 0 Å². The molecular weight excluding hydrogens is 362 g/mol. The monoisotopic (exact) mass is 389 g/mol. The average molecular weight is 390 g/mol. The number of aromatic nitrogens is 2. The lowest BCUT2D eigenvalue weighted by atomic mass is 10.0. The molecule has 0 radical (unpaired) electrons. The highest BCUT2D eigenvalue weighted by atomic mass is 16.1. The molecule has 6 heteroatoms. The third kappa shape index (κ3) is 4.78. The summed E-state index contributed by atoms with van der Waals surface area (Å²) in [5.74, 6) is -0.0442. The van der Waals surface area contributed by atoms with Crippen molar-refractivity contribution in [3.8, 4) is 11.3 Å². The van der Waals surface area contributed by atoms with E-state index in [1.165, 1.54) is 0 Å². The summed E-state index contributed by atoms with van der Waals surface area (Å²) in [6.45, 7) is 6.14.